The third-order valence-electron chi connectivity index (χ3n) is 2.89. The van der Waals surface area contributed by atoms with Gasteiger partial charge in [-0.1, -0.05) is 31.2 Å². The molecular weight excluding hydrogens is 262 g/mol. The SMILES string of the molecule is CCCNC(=NC)NCc1cccc(COC(C)(C)C)c1. The van der Waals surface area contributed by atoms with Crippen molar-refractivity contribution in [1.29, 1.82) is 0 Å². The summed E-state index contributed by atoms with van der Waals surface area (Å²) in [5.41, 5.74) is 2.31. The molecule has 0 aliphatic heterocycles. The molecule has 0 amide bonds. The Morgan fingerprint density at radius 2 is 1.90 bits per heavy atom. The van der Waals surface area contributed by atoms with E-state index in [-0.39, 0.29) is 5.60 Å². The topological polar surface area (TPSA) is 45.7 Å². The van der Waals surface area contributed by atoms with Crippen molar-refractivity contribution in [3.05, 3.63) is 35.4 Å². The fraction of sp³-hybridized carbons (Fsp3) is 0.588. The summed E-state index contributed by atoms with van der Waals surface area (Å²) in [5, 5.41) is 6.58. The molecule has 1 aromatic rings. The van der Waals surface area contributed by atoms with Crippen LogP contribution in [0.15, 0.2) is 29.3 Å². The molecule has 0 fully saturated rings. The molecule has 0 saturated carbocycles. The lowest BCUT2D eigenvalue weighted by Gasteiger charge is -2.19. The zero-order chi connectivity index (χ0) is 15.7. The number of guanidine groups is 1. The number of benzene rings is 1. The van der Waals surface area contributed by atoms with E-state index in [9.17, 15) is 0 Å². The lowest BCUT2D eigenvalue weighted by molar-refractivity contribution is -0.0149. The van der Waals surface area contributed by atoms with Crippen molar-refractivity contribution < 1.29 is 4.74 Å². The van der Waals surface area contributed by atoms with Gasteiger partial charge in [0.1, 0.15) is 0 Å². The van der Waals surface area contributed by atoms with Gasteiger partial charge in [0.2, 0.25) is 0 Å². The van der Waals surface area contributed by atoms with Gasteiger partial charge in [0.15, 0.2) is 5.96 Å². The van der Waals surface area contributed by atoms with Gasteiger partial charge >= 0.3 is 0 Å². The minimum atomic E-state index is -0.111. The van der Waals surface area contributed by atoms with E-state index in [1.54, 1.807) is 7.05 Å². The van der Waals surface area contributed by atoms with E-state index in [4.69, 9.17) is 4.74 Å². The van der Waals surface area contributed by atoms with Crippen molar-refractivity contribution in [3.63, 3.8) is 0 Å². The van der Waals surface area contributed by atoms with Gasteiger partial charge in [-0.3, -0.25) is 4.99 Å². The minimum absolute atomic E-state index is 0.111. The van der Waals surface area contributed by atoms with Crippen molar-refractivity contribution in [2.24, 2.45) is 4.99 Å². The van der Waals surface area contributed by atoms with E-state index in [0.717, 1.165) is 25.5 Å². The summed E-state index contributed by atoms with van der Waals surface area (Å²) in [5.74, 6) is 0.841. The summed E-state index contributed by atoms with van der Waals surface area (Å²) in [6, 6.07) is 8.45. The van der Waals surface area contributed by atoms with Gasteiger partial charge in [-0.2, -0.15) is 0 Å². The highest BCUT2D eigenvalue weighted by Crippen LogP contribution is 2.13. The molecule has 0 aliphatic rings. The van der Waals surface area contributed by atoms with Crippen LogP contribution in [-0.4, -0.2) is 25.2 Å². The maximum Gasteiger partial charge on any atom is 0.191 e. The van der Waals surface area contributed by atoms with Gasteiger partial charge < -0.3 is 15.4 Å². The minimum Gasteiger partial charge on any atom is -0.371 e. The molecular formula is C17H29N3O. The first-order chi connectivity index (χ1) is 9.94. The van der Waals surface area contributed by atoms with Crippen LogP contribution in [0.5, 0.6) is 0 Å². The van der Waals surface area contributed by atoms with Crippen LogP contribution in [0.4, 0.5) is 0 Å². The standard InChI is InChI=1S/C17H29N3O/c1-6-10-19-16(18-5)20-12-14-8-7-9-15(11-14)13-21-17(2,3)4/h7-9,11H,6,10,12-13H2,1-5H3,(H2,18,19,20). The Balaban J connectivity index is 2.52. The number of nitrogens with zero attached hydrogens (tertiary/aromatic N) is 1. The van der Waals surface area contributed by atoms with Crippen LogP contribution in [0.1, 0.15) is 45.2 Å². The number of hydrogen-bond acceptors (Lipinski definition) is 2. The number of rotatable bonds is 6. The third-order valence-corrected chi connectivity index (χ3v) is 2.89. The summed E-state index contributed by atoms with van der Waals surface area (Å²) in [6.07, 6.45) is 1.08. The zero-order valence-electron chi connectivity index (χ0n) is 14.0. The molecule has 0 radical (unpaired) electrons. The van der Waals surface area contributed by atoms with Crippen LogP contribution < -0.4 is 10.6 Å². The van der Waals surface area contributed by atoms with Crippen molar-refractivity contribution in [1.82, 2.24) is 10.6 Å². The molecule has 0 aliphatic carbocycles. The van der Waals surface area contributed by atoms with Crippen LogP contribution >= 0.6 is 0 Å². The Morgan fingerprint density at radius 3 is 2.52 bits per heavy atom. The molecule has 118 valence electrons. The third kappa shape index (κ3) is 7.71. The summed E-state index contributed by atoms with van der Waals surface area (Å²) < 4.78 is 5.81. The van der Waals surface area contributed by atoms with E-state index in [1.165, 1.54) is 11.1 Å². The summed E-state index contributed by atoms with van der Waals surface area (Å²) in [6.45, 7) is 10.7. The second-order valence-electron chi connectivity index (χ2n) is 6.07. The fourth-order valence-corrected chi connectivity index (χ4v) is 1.78. The quantitative estimate of drug-likeness (QED) is 0.625. The van der Waals surface area contributed by atoms with E-state index in [0.29, 0.717) is 6.61 Å². The molecule has 0 heterocycles. The maximum absolute atomic E-state index is 5.81. The lowest BCUT2D eigenvalue weighted by atomic mass is 10.1. The van der Waals surface area contributed by atoms with Gasteiger partial charge in [0.25, 0.3) is 0 Å². The second kappa shape index (κ2) is 8.67. The molecule has 2 N–H and O–H groups in total. The first-order valence-electron chi connectivity index (χ1n) is 7.61. The average molecular weight is 291 g/mol. The first kappa shape index (κ1) is 17.5. The zero-order valence-corrected chi connectivity index (χ0v) is 14.0. The van der Waals surface area contributed by atoms with Crippen LogP contribution in [0, 0.1) is 0 Å². The van der Waals surface area contributed by atoms with Crippen LogP contribution in [0.2, 0.25) is 0 Å². The van der Waals surface area contributed by atoms with E-state index < -0.39 is 0 Å². The summed E-state index contributed by atoms with van der Waals surface area (Å²) in [7, 11) is 1.79. The molecule has 0 unspecified atom stereocenters. The molecule has 0 saturated heterocycles. The number of nitrogens with one attached hydrogen (secondary N) is 2. The first-order valence-corrected chi connectivity index (χ1v) is 7.61. The molecule has 21 heavy (non-hydrogen) atoms. The van der Waals surface area contributed by atoms with Gasteiger partial charge in [-0.05, 0) is 38.3 Å². The predicted octanol–water partition coefficient (Wildman–Crippen LogP) is 3.08. The normalized spacial score (nSPS) is 12.3. The summed E-state index contributed by atoms with van der Waals surface area (Å²) in [4.78, 5) is 4.20. The highest BCUT2D eigenvalue weighted by molar-refractivity contribution is 5.79. The van der Waals surface area contributed by atoms with Crippen LogP contribution in [0.25, 0.3) is 0 Å². The Bertz CT molecular complexity index is 450. The molecule has 1 rings (SSSR count). The number of aliphatic imine (C=N–C) groups is 1. The van der Waals surface area contributed by atoms with Gasteiger partial charge in [0.05, 0.1) is 12.2 Å². The Labute approximate surface area is 129 Å². The van der Waals surface area contributed by atoms with E-state index >= 15 is 0 Å². The molecule has 0 bridgehead atoms. The van der Waals surface area contributed by atoms with Crippen molar-refractivity contribution in [2.45, 2.75) is 52.9 Å². The number of ether oxygens (including phenoxy) is 1. The van der Waals surface area contributed by atoms with E-state index in [1.807, 2.05) is 0 Å². The van der Waals surface area contributed by atoms with Crippen LogP contribution in [-0.2, 0) is 17.9 Å². The molecule has 0 atom stereocenters. The van der Waals surface area contributed by atoms with Crippen LogP contribution in [0.3, 0.4) is 0 Å². The predicted molar refractivity (Wildman–Crippen MR) is 89.5 cm³/mol. The van der Waals surface area contributed by atoms with Gasteiger partial charge in [-0.25, -0.2) is 0 Å². The highest BCUT2D eigenvalue weighted by atomic mass is 16.5. The van der Waals surface area contributed by atoms with E-state index in [2.05, 4.69) is 67.6 Å². The smallest absolute Gasteiger partial charge is 0.191 e. The van der Waals surface area contributed by atoms with Crippen molar-refractivity contribution in [3.8, 4) is 0 Å². The van der Waals surface area contributed by atoms with Crippen molar-refractivity contribution >= 4 is 5.96 Å². The fourth-order valence-electron chi connectivity index (χ4n) is 1.78. The average Bonchev–Trinajstić information content (AvgIpc) is 2.45. The lowest BCUT2D eigenvalue weighted by Crippen LogP contribution is -2.37. The molecule has 4 nitrogen and oxygen atoms in total. The monoisotopic (exact) mass is 291 g/mol. The molecule has 0 aromatic heterocycles. The molecule has 4 heteroatoms. The number of hydrogen-bond donors (Lipinski definition) is 2. The second-order valence-corrected chi connectivity index (χ2v) is 6.07. The molecule has 0 spiro atoms. The maximum atomic E-state index is 5.81. The largest absolute Gasteiger partial charge is 0.371 e. The Hall–Kier alpha value is -1.55. The molecule has 1 aromatic carbocycles. The van der Waals surface area contributed by atoms with Gasteiger partial charge in [-0.15, -0.1) is 0 Å². The van der Waals surface area contributed by atoms with Crippen molar-refractivity contribution in [2.75, 3.05) is 13.6 Å². The van der Waals surface area contributed by atoms with Gasteiger partial charge in [0, 0.05) is 20.1 Å². The Morgan fingerprint density at radius 1 is 1.19 bits per heavy atom. The Kier molecular flexibility index (Phi) is 7.23. The summed E-state index contributed by atoms with van der Waals surface area (Å²) >= 11 is 0. The highest BCUT2D eigenvalue weighted by Gasteiger charge is 2.10.